The summed E-state index contributed by atoms with van der Waals surface area (Å²) in [5, 5.41) is 5.99. The molecule has 2 N–H and O–H groups in total. The highest BCUT2D eigenvalue weighted by Crippen LogP contribution is 2.12. The van der Waals surface area contributed by atoms with Gasteiger partial charge in [-0.05, 0) is 18.6 Å². The van der Waals surface area contributed by atoms with Crippen LogP contribution in [0, 0.1) is 11.6 Å². The van der Waals surface area contributed by atoms with E-state index < -0.39 is 11.6 Å². The van der Waals surface area contributed by atoms with Crippen molar-refractivity contribution >= 4 is 17.7 Å². The number of carbonyl (C=O) groups excluding carboxylic acids is 1. The van der Waals surface area contributed by atoms with Crippen molar-refractivity contribution in [3.63, 3.8) is 0 Å². The molecule has 0 spiro atoms. The first-order valence-corrected chi connectivity index (χ1v) is 7.83. The molecule has 0 aliphatic carbocycles. The lowest BCUT2D eigenvalue weighted by atomic mass is 10.1. The Hall–Kier alpha value is -1.14. The van der Waals surface area contributed by atoms with Gasteiger partial charge in [0, 0.05) is 42.6 Å². The van der Waals surface area contributed by atoms with Gasteiger partial charge in [-0.1, -0.05) is 6.07 Å². The van der Waals surface area contributed by atoms with Gasteiger partial charge in [0.05, 0.1) is 0 Å². The molecule has 6 heteroatoms. The number of hydrogen-bond acceptors (Lipinski definition) is 3. The van der Waals surface area contributed by atoms with E-state index in [2.05, 4.69) is 10.6 Å². The Morgan fingerprint density at radius 2 is 2.15 bits per heavy atom. The standard InChI is InChI=1S/C14H18F2N2OS/c15-12-2-1-3-13(16)11(12)4-5-18-14(19)8-10-9-20-7-6-17-10/h1-3,10,17H,4-9H2,(H,18,19). The van der Waals surface area contributed by atoms with Crippen LogP contribution in [0.4, 0.5) is 8.78 Å². The summed E-state index contributed by atoms with van der Waals surface area (Å²) in [7, 11) is 0. The molecule has 0 aromatic heterocycles. The monoisotopic (exact) mass is 300 g/mol. The Bertz CT molecular complexity index is 444. The van der Waals surface area contributed by atoms with Gasteiger partial charge in [0.1, 0.15) is 11.6 Å². The largest absolute Gasteiger partial charge is 0.356 e. The third kappa shape index (κ3) is 4.45. The maximum Gasteiger partial charge on any atom is 0.221 e. The first-order valence-electron chi connectivity index (χ1n) is 6.67. The van der Waals surface area contributed by atoms with E-state index in [1.807, 2.05) is 11.8 Å². The summed E-state index contributed by atoms with van der Waals surface area (Å²) < 4.78 is 26.8. The van der Waals surface area contributed by atoms with E-state index in [1.54, 1.807) is 0 Å². The molecule has 1 aliphatic rings. The van der Waals surface area contributed by atoms with Crippen molar-refractivity contribution < 1.29 is 13.6 Å². The van der Waals surface area contributed by atoms with Gasteiger partial charge in [0.15, 0.2) is 0 Å². The maximum atomic E-state index is 13.4. The van der Waals surface area contributed by atoms with Gasteiger partial charge in [-0.25, -0.2) is 8.78 Å². The smallest absolute Gasteiger partial charge is 0.221 e. The Balaban J connectivity index is 1.73. The molecule has 110 valence electrons. The van der Waals surface area contributed by atoms with Gasteiger partial charge >= 0.3 is 0 Å². The van der Waals surface area contributed by atoms with E-state index in [4.69, 9.17) is 0 Å². The number of nitrogens with one attached hydrogen (secondary N) is 2. The zero-order valence-electron chi connectivity index (χ0n) is 11.1. The normalized spacial score (nSPS) is 18.8. The molecule has 1 fully saturated rings. The zero-order chi connectivity index (χ0) is 14.4. The molecule has 0 bridgehead atoms. The van der Waals surface area contributed by atoms with Gasteiger partial charge < -0.3 is 10.6 Å². The zero-order valence-corrected chi connectivity index (χ0v) is 11.9. The summed E-state index contributed by atoms with van der Waals surface area (Å²) in [4.78, 5) is 11.7. The van der Waals surface area contributed by atoms with Crippen LogP contribution in [-0.4, -0.2) is 36.5 Å². The van der Waals surface area contributed by atoms with Gasteiger partial charge in [-0.3, -0.25) is 4.79 Å². The minimum Gasteiger partial charge on any atom is -0.356 e. The molecule has 20 heavy (non-hydrogen) atoms. The number of carbonyl (C=O) groups is 1. The Labute approximate surface area is 121 Å². The van der Waals surface area contributed by atoms with E-state index in [0.717, 1.165) is 18.1 Å². The summed E-state index contributed by atoms with van der Waals surface area (Å²) in [6, 6.07) is 3.98. The SMILES string of the molecule is O=C(CC1CSCCN1)NCCc1c(F)cccc1F. The molecule has 1 unspecified atom stereocenters. The predicted molar refractivity (Wildman–Crippen MR) is 76.8 cm³/mol. The van der Waals surface area contributed by atoms with Crippen LogP contribution in [0.2, 0.25) is 0 Å². The first-order chi connectivity index (χ1) is 9.66. The fourth-order valence-electron chi connectivity index (χ4n) is 2.14. The lowest BCUT2D eigenvalue weighted by Gasteiger charge is -2.22. The lowest BCUT2D eigenvalue weighted by molar-refractivity contribution is -0.121. The van der Waals surface area contributed by atoms with Crippen LogP contribution in [0.15, 0.2) is 18.2 Å². The second-order valence-electron chi connectivity index (χ2n) is 4.73. The molecule has 1 heterocycles. The molecule has 0 saturated carbocycles. The number of halogens is 2. The Kier molecular flexibility index (Phi) is 5.79. The molecule has 1 aliphatic heterocycles. The summed E-state index contributed by atoms with van der Waals surface area (Å²) in [6.45, 7) is 1.17. The van der Waals surface area contributed by atoms with Crippen LogP contribution >= 0.6 is 11.8 Å². The van der Waals surface area contributed by atoms with Crippen molar-refractivity contribution in [3.05, 3.63) is 35.4 Å². The third-order valence-corrected chi connectivity index (χ3v) is 4.32. The van der Waals surface area contributed by atoms with E-state index in [1.165, 1.54) is 18.2 Å². The topological polar surface area (TPSA) is 41.1 Å². The molecule has 1 aromatic carbocycles. The second-order valence-corrected chi connectivity index (χ2v) is 5.88. The Morgan fingerprint density at radius 1 is 1.40 bits per heavy atom. The van der Waals surface area contributed by atoms with Crippen LogP contribution in [0.25, 0.3) is 0 Å². The molecule has 1 atom stereocenters. The Morgan fingerprint density at radius 3 is 2.80 bits per heavy atom. The number of rotatable bonds is 5. The molecule has 0 radical (unpaired) electrons. The van der Waals surface area contributed by atoms with Crippen LogP contribution in [0.5, 0.6) is 0 Å². The summed E-state index contributed by atoms with van der Waals surface area (Å²) in [5.41, 5.74) is 0.0270. The van der Waals surface area contributed by atoms with Gasteiger partial charge in [-0.2, -0.15) is 11.8 Å². The third-order valence-electron chi connectivity index (χ3n) is 3.19. The number of amides is 1. The van der Waals surface area contributed by atoms with Crippen molar-refractivity contribution in [1.82, 2.24) is 10.6 Å². The van der Waals surface area contributed by atoms with Crippen molar-refractivity contribution in [1.29, 1.82) is 0 Å². The van der Waals surface area contributed by atoms with E-state index >= 15 is 0 Å². The van der Waals surface area contributed by atoms with Crippen LogP contribution in [0.1, 0.15) is 12.0 Å². The van der Waals surface area contributed by atoms with E-state index in [-0.39, 0.29) is 30.5 Å². The van der Waals surface area contributed by atoms with Gasteiger partial charge in [0.2, 0.25) is 5.91 Å². The molecule has 1 aromatic rings. The van der Waals surface area contributed by atoms with E-state index in [0.29, 0.717) is 6.42 Å². The molecule has 2 rings (SSSR count). The lowest BCUT2D eigenvalue weighted by Crippen LogP contribution is -2.41. The highest BCUT2D eigenvalue weighted by atomic mass is 32.2. The molecule has 3 nitrogen and oxygen atoms in total. The van der Waals surface area contributed by atoms with E-state index in [9.17, 15) is 13.6 Å². The number of thioether (sulfide) groups is 1. The van der Waals surface area contributed by atoms with Gasteiger partial charge in [-0.15, -0.1) is 0 Å². The first kappa shape index (κ1) is 15.3. The average molecular weight is 300 g/mol. The second kappa shape index (κ2) is 7.59. The molecule has 1 saturated heterocycles. The van der Waals surface area contributed by atoms with Crippen LogP contribution in [0.3, 0.4) is 0 Å². The minimum absolute atomic E-state index is 0.0270. The van der Waals surface area contributed by atoms with Crippen molar-refractivity contribution in [3.8, 4) is 0 Å². The summed E-state index contributed by atoms with van der Waals surface area (Å²) >= 11 is 1.83. The number of benzene rings is 1. The van der Waals surface area contributed by atoms with Crippen LogP contribution in [-0.2, 0) is 11.2 Å². The fourth-order valence-corrected chi connectivity index (χ4v) is 3.09. The van der Waals surface area contributed by atoms with Gasteiger partial charge in [0.25, 0.3) is 0 Å². The van der Waals surface area contributed by atoms with Crippen LogP contribution < -0.4 is 10.6 Å². The molecule has 1 amide bonds. The number of hydrogen-bond donors (Lipinski definition) is 2. The molecular formula is C14H18F2N2OS. The maximum absolute atomic E-state index is 13.4. The van der Waals surface area contributed by atoms with Crippen molar-refractivity contribution in [2.24, 2.45) is 0 Å². The molecular weight excluding hydrogens is 282 g/mol. The van der Waals surface area contributed by atoms with Crippen molar-refractivity contribution in [2.75, 3.05) is 24.6 Å². The average Bonchev–Trinajstić information content (AvgIpc) is 2.43. The quantitative estimate of drug-likeness (QED) is 0.870. The summed E-state index contributed by atoms with van der Waals surface area (Å²) in [6.07, 6.45) is 0.573. The minimum atomic E-state index is -0.565. The highest BCUT2D eigenvalue weighted by Gasteiger charge is 2.16. The fraction of sp³-hybridized carbons (Fsp3) is 0.500. The van der Waals surface area contributed by atoms with Crippen molar-refractivity contribution in [2.45, 2.75) is 18.9 Å². The predicted octanol–water partition coefficient (Wildman–Crippen LogP) is 1.72. The highest BCUT2D eigenvalue weighted by molar-refractivity contribution is 7.99. The summed E-state index contributed by atoms with van der Waals surface area (Å²) in [5.74, 6) is 0.788.